The monoisotopic (exact) mass is 206 g/mol. The number of urea groups is 1. The van der Waals surface area contributed by atoms with Gasteiger partial charge in [0.25, 0.3) is 0 Å². The first-order chi connectivity index (χ1) is 7.11. The maximum Gasteiger partial charge on any atom is 0.319 e. The van der Waals surface area contributed by atoms with E-state index in [4.69, 9.17) is 0 Å². The van der Waals surface area contributed by atoms with Crippen LogP contribution in [0.3, 0.4) is 0 Å². The van der Waals surface area contributed by atoms with E-state index in [1.54, 1.807) is 9.80 Å². The molecule has 1 aliphatic heterocycles. The largest absolute Gasteiger partial charge is 0.326 e. The maximum atomic E-state index is 10.8. The van der Waals surface area contributed by atoms with E-state index in [0.29, 0.717) is 0 Å². The Kier molecular flexibility index (Phi) is 4.16. The molecule has 1 saturated heterocycles. The van der Waals surface area contributed by atoms with Crippen molar-refractivity contribution in [2.24, 2.45) is 0 Å². The number of hydrogen-bond donors (Lipinski definition) is 0. The Bertz CT molecular complexity index is 299. The molecule has 2 amide bonds. The van der Waals surface area contributed by atoms with Gasteiger partial charge in [0.1, 0.15) is 0 Å². The van der Waals surface area contributed by atoms with Gasteiger partial charge in [0.15, 0.2) is 0 Å². The van der Waals surface area contributed by atoms with Crippen molar-refractivity contribution in [3.63, 3.8) is 0 Å². The van der Waals surface area contributed by atoms with Gasteiger partial charge in [-0.3, -0.25) is 0 Å². The normalized spacial score (nSPS) is 15.0. The second kappa shape index (κ2) is 5.39. The third-order valence-electron chi connectivity index (χ3n) is 2.36. The standard InChI is InChI=1S/C7H8.C5H10N2O/c1-7-5-3-2-4-6-7;1-6-3-4-7(2)5(6)8/h2-6H,1H3;3-4H2,1-2H3. The van der Waals surface area contributed by atoms with Gasteiger partial charge in [-0.15, -0.1) is 0 Å². The minimum atomic E-state index is 0.130. The number of hydrogen-bond acceptors (Lipinski definition) is 1. The van der Waals surface area contributed by atoms with E-state index >= 15 is 0 Å². The minimum absolute atomic E-state index is 0.130. The van der Waals surface area contributed by atoms with Crippen molar-refractivity contribution < 1.29 is 4.79 Å². The molecule has 0 bridgehead atoms. The SMILES string of the molecule is CN1CCN(C)C1=O.Cc1ccccc1. The highest BCUT2D eigenvalue weighted by molar-refractivity contribution is 5.75. The molecule has 0 N–H and O–H groups in total. The van der Waals surface area contributed by atoms with Gasteiger partial charge in [-0.1, -0.05) is 35.9 Å². The molecule has 2 rings (SSSR count). The quantitative estimate of drug-likeness (QED) is 0.636. The number of benzene rings is 1. The molecule has 1 heterocycles. The van der Waals surface area contributed by atoms with Crippen LogP contribution < -0.4 is 0 Å². The van der Waals surface area contributed by atoms with Crippen LogP contribution in [0.25, 0.3) is 0 Å². The number of amides is 2. The van der Waals surface area contributed by atoms with Crippen LogP contribution in [0.15, 0.2) is 30.3 Å². The summed E-state index contributed by atoms with van der Waals surface area (Å²) in [6.45, 7) is 3.82. The predicted molar refractivity (Wildman–Crippen MR) is 61.8 cm³/mol. The van der Waals surface area contributed by atoms with Crippen molar-refractivity contribution in [3.05, 3.63) is 35.9 Å². The molecule has 15 heavy (non-hydrogen) atoms. The third-order valence-corrected chi connectivity index (χ3v) is 2.36. The number of nitrogens with zero attached hydrogens (tertiary/aromatic N) is 2. The van der Waals surface area contributed by atoms with Crippen LogP contribution >= 0.6 is 0 Å². The summed E-state index contributed by atoms with van der Waals surface area (Å²) < 4.78 is 0. The van der Waals surface area contributed by atoms with E-state index in [-0.39, 0.29) is 6.03 Å². The molecule has 1 fully saturated rings. The first-order valence-electron chi connectivity index (χ1n) is 5.09. The highest BCUT2D eigenvalue weighted by atomic mass is 16.2. The lowest BCUT2D eigenvalue weighted by Gasteiger charge is -2.07. The minimum Gasteiger partial charge on any atom is -0.326 e. The van der Waals surface area contributed by atoms with E-state index in [1.165, 1.54) is 5.56 Å². The number of aryl methyl sites for hydroxylation is 1. The molecule has 82 valence electrons. The van der Waals surface area contributed by atoms with Crippen LogP contribution in [0.1, 0.15) is 5.56 Å². The van der Waals surface area contributed by atoms with Gasteiger partial charge < -0.3 is 9.80 Å². The number of carbonyl (C=O) groups excluding carboxylic acids is 1. The van der Waals surface area contributed by atoms with Gasteiger partial charge in [0, 0.05) is 27.2 Å². The summed E-state index contributed by atoms with van der Waals surface area (Å²) in [6.07, 6.45) is 0. The van der Waals surface area contributed by atoms with E-state index in [1.807, 2.05) is 32.3 Å². The van der Waals surface area contributed by atoms with Gasteiger partial charge in [0.05, 0.1) is 0 Å². The molecule has 0 spiro atoms. The van der Waals surface area contributed by atoms with Crippen molar-refractivity contribution in [1.29, 1.82) is 0 Å². The molecule has 3 heteroatoms. The molecule has 1 aromatic rings. The van der Waals surface area contributed by atoms with Crippen LogP contribution in [0.4, 0.5) is 4.79 Å². The average molecular weight is 206 g/mol. The summed E-state index contributed by atoms with van der Waals surface area (Å²) in [4.78, 5) is 14.2. The summed E-state index contributed by atoms with van der Waals surface area (Å²) in [6, 6.07) is 10.4. The van der Waals surface area contributed by atoms with Gasteiger partial charge in [-0.25, -0.2) is 4.79 Å². The number of likely N-dealkylation sites (N-methyl/N-ethyl adjacent to an activating group) is 2. The number of carbonyl (C=O) groups is 1. The van der Waals surface area contributed by atoms with Crippen LogP contribution in [0, 0.1) is 6.92 Å². The summed E-state index contributed by atoms with van der Waals surface area (Å²) in [5, 5.41) is 0. The predicted octanol–water partition coefficient (Wildman–Crippen LogP) is 1.98. The Hall–Kier alpha value is -1.51. The summed E-state index contributed by atoms with van der Waals surface area (Å²) in [5.74, 6) is 0. The smallest absolute Gasteiger partial charge is 0.319 e. The summed E-state index contributed by atoms with van der Waals surface area (Å²) >= 11 is 0. The molecule has 0 aliphatic carbocycles. The topological polar surface area (TPSA) is 23.6 Å². The fraction of sp³-hybridized carbons (Fsp3) is 0.417. The van der Waals surface area contributed by atoms with Gasteiger partial charge in [-0.05, 0) is 6.92 Å². The molecule has 0 atom stereocenters. The zero-order valence-electron chi connectivity index (χ0n) is 9.60. The van der Waals surface area contributed by atoms with Crippen molar-refractivity contribution in [3.8, 4) is 0 Å². The summed E-state index contributed by atoms with van der Waals surface area (Å²) in [7, 11) is 3.62. The fourth-order valence-corrected chi connectivity index (χ4v) is 1.32. The lowest BCUT2D eigenvalue weighted by molar-refractivity contribution is 0.205. The van der Waals surface area contributed by atoms with Gasteiger partial charge in [-0.2, -0.15) is 0 Å². The van der Waals surface area contributed by atoms with E-state index < -0.39 is 0 Å². The second-order valence-electron chi connectivity index (χ2n) is 3.78. The van der Waals surface area contributed by atoms with Crippen molar-refractivity contribution in [2.75, 3.05) is 27.2 Å². The Labute approximate surface area is 91.3 Å². The zero-order chi connectivity index (χ0) is 11.3. The molecule has 1 aliphatic rings. The van der Waals surface area contributed by atoms with Crippen LogP contribution in [0.2, 0.25) is 0 Å². The average Bonchev–Trinajstić information content (AvgIpc) is 2.52. The maximum absolute atomic E-state index is 10.8. The molecule has 3 nitrogen and oxygen atoms in total. The highest BCUT2D eigenvalue weighted by Gasteiger charge is 2.20. The molecule has 0 aromatic heterocycles. The van der Waals surface area contributed by atoms with Gasteiger partial charge >= 0.3 is 6.03 Å². The molecule has 0 saturated carbocycles. The Morgan fingerprint density at radius 1 is 1.00 bits per heavy atom. The van der Waals surface area contributed by atoms with Gasteiger partial charge in [0.2, 0.25) is 0 Å². The lowest BCUT2D eigenvalue weighted by Crippen LogP contribution is -2.25. The van der Waals surface area contributed by atoms with E-state index in [9.17, 15) is 4.79 Å². The first kappa shape index (κ1) is 11.6. The zero-order valence-corrected chi connectivity index (χ0v) is 9.60. The summed E-state index contributed by atoms with van der Waals surface area (Å²) in [5.41, 5.74) is 1.32. The Morgan fingerprint density at radius 2 is 1.47 bits per heavy atom. The highest BCUT2D eigenvalue weighted by Crippen LogP contribution is 2.00. The van der Waals surface area contributed by atoms with Crippen molar-refractivity contribution in [2.45, 2.75) is 6.92 Å². The van der Waals surface area contributed by atoms with Crippen LogP contribution in [-0.4, -0.2) is 43.0 Å². The van der Waals surface area contributed by atoms with E-state index in [0.717, 1.165) is 13.1 Å². The molecular formula is C12H18N2O. The second-order valence-corrected chi connectivity index (χ2v) is 3.78. The molecule has 1 aromatic carbocycles. The van der Waals surface area contributed by atoms with Crippen LogP contribution in [0.5, 0.6) is 0 Å². The Morgan fingerprint density at radius 3 is 1.67 bits per heavy atom. The van der Waals surface area contributed by atoms with Crippen LogP contribution in [-0.2, 0) is 0 Å². The Balaban J connectivity index is 0.000000151. The molecule has 0 radical (unpaired) electrons. The third kappa shape index (κ3) is 3.62. The first-order valence-corrected chi connectivity index (χ1v) is 5.09. The molecule has 0 unspecified atom stereocenters. The lowest BCUT2D eigenvalue weighted by atomic mass is 10.2. The van der Waals surface area contributed by atoms with E-state index in [2.05, 4.69) is 19.1 Å². The number of rotatable bonds is 0. The van der Waals surface area contributed by atoms with Crippen molar-refractivity contribution >= 4 is 6.03 Å². The van der Waals surface area contributed by atoms with Crippen molar-refractivity contribution in [1.82, 2.24) is 9.80 Å². The molecular weight excluding hydrogens is 188 g/mol. The fourth-order valence-electron chi connectivity index (χ4n) is 1.32.